The van der Waals surface area contributed by atoms with Crippen LogP contribution in [0, 0.1) is 0 Å². The Balaban J connectivity index is 1.57. The van der Waals surface area contributed by atoms with E-state index < -0.39 is 22.1 Å². The van der Waals surface area contributed by atoms with Gasteiger partial charge in [0.25, 0.3) is 15.9 Å². The third-order valence-electron chi connectivity index (χ3n) is 5.79. The number of rotatable bonds is 10. The summed E-state index contributed by atoms with van der Waals surface area (Å²) in [6.45, 7) is 4.05. The fourth-order valence-electron chi connectivity index (χ4n) is 3.88. The zero-order chi connectivity index (χ0) is 24.6. The van der Waals surface area contributed by atoms with Crippen molar-refractivity contribution in [3.63, 3.8) is 0 Å². The molecule has 0 aromatic heterocycles. The molecule has 1 atom stereocenters. The number of hydrogen-bond acceptors (Lipinski definition) is 5. The fraction of sp³-hybridized carbons (Fsp3) is 0.385. The summed E-state index contributed by atoms with van der Waals surface area (Å²) >= 11 is 0. The predicted molar refractivity (Wildman–Crippen MR) is 132 cm³/mol. The summed E-state index contributed by atoms with van der Waals surface area (Å²) < 4.78 is 32.7. The van der Waals surface area contributed by atoms with Crippen molar-refractivity contribution in [3.05, 3.63) is 71.8 Å². The van der Waals surface area contributed by atoms with Crippen molar-refractivity contribution < 1.29 is 22.7 Å². The second-order valence-corrected chi connectivity index (χ2v) is 10.1. The fourth-order valence-corrected chi connectivity index (χ4v) is 5.35. The number of esters is 1. The van der Waals surface area contributed by atoms with Crippen molar-refractivity contribution in [1.82, 2.24) is 5.32 Å². The Hall–Kier alpha value is -3.13. The summed E-state index contributed by atoms with van der Waals surface area (Å²) in [5, 5.41) is 2.81. The van der Waals surface area contributed by atoms with E-state index in [0.717, 1.165) is 19.3 Å². The lowest BCUT2D eigenvalue weighted by Crippen LogP contribution is -2.36. The molecule has 8 heteroatoms. The number of amides is 1. The van der Waals surface area contributed by atoms with Gasteiger partial charge in [0.1, 0.15) is 0 Å². The SMILES string of the molecule is CCN(c1ccccc1)S(=O)(=O)c1ccc(C(=O)O[C@H](C)C(=O)NCCC2=CCCCC2)cc1. The molecule has 1 aliphatic rings. The summed E-state index contributed by atoms with van der Waals surface area (Å²) in [5.74, 6) is -1.04. The molecule has 34 heavy (non-hydrogen) atoms. The summed E-state index contributed by atoms with van der Waals surface area (Å²) in [4.78, 5) is 24.8. The number of anilines is 1. The molecule has 3 rings (SSSR count). The summed E-state index contributed by atoms with van der Waals surface area (Å²) in [6.07, 6.45) is 6.68. The van der Waals surface area contributed by atoms with Gasteiger partial charge in [-0.2, -0.15) is 0 Å². The van der Waals surface area contributed by atoms with Gasteiger partial charge >= 0.3 is 5.97 Å². The van der Waals surface area contributed by atoms with Crippen molar-refractivity contribution in [2.24, 2.45) is 0 Å². The average Bonchev–Trinajstić information content (AvgIpc) is 2.85. The van der Waals surface area contributed by atoms with Gasteiger partial charge in [-0.25, -0.2) is 13.2 Å². The van der Waals surface area contributed by atoms with E-state index in [1.165, 1.54) is 53.9 Å². The van der Waals surface area contributed by atoms with Crippen LogP contribution in [0.5, 0.6) is 0 Å². The minimum Gasteiger partial charge on any atom is -0.449 e. The number of para-hydroxylation sites is 1. The lowest BCUT2D eigenvalue weighted by Gasteiger charge is -2.23. The lowest BCUT2D eigenvalue weighted by molar-refractivity contribution is -0.129. The monoisotopic (exact) mass is 484 g/mol. The van der Waals surface area contributed by atoms with Crippen molar-refractivity contribution in [1.29, 1.82) is 0 Å². The number of benzene rings is 2. The molecule has 1 aliphatic carbocycles. The van der Waals surface area contributed by atoms with Gasteiger partial charge in [-0.3, -0.25) is 9.10 Å². The molecular weight excluding hydrogens is 452 g/mol. The molecule has 7 nitrogen and oxygen atoms in total. The number of ether oxygens (including phenoxy) is 1. The Morgan fingerprint density at radius 1 is 1.06 bits per heavy atom. The topological polar surface area (TPSA) is 92.8 Å². The largest absolute Gasteiger partial charge is 0.449 e. The van der Waals surface area contributed by atoms with E-state index >= 15 is 0 Å². The standard InChI is InChI=1S/C26H32N2O5S/c1-3-28(23-12-8-5-9-13-23)34(31,32)24-16-14-22(15-17-24)26(30)33-20(2)25(29)27-19-18-21-10-6-4-7-11-21/h5,8-10,12-17,20H,3-4,6-7,11,18-19H2,1-2H3,(H,27,29)/t20-/m1/s1. The van der Waals surface area contributed by atoms with E-state index in [0.29, 0.717) is 12.2 Å². The molecule has 0 saturated heterocycles. The van der Waals surface area contributed by atoms with E-state index in [1.807, 2.05) is 6.07 Å². The van der Waals surface area contributed by atoms with Gasteiger partial charge in [0.05, 0.1) is 16.1 Å². The second kappa shape index (κ2) is 11.8. The minimum atomic E-state index is -3.79. The first-order valence-corrected chi connectivity index (χ1v) is 13.1. The second-order valence-electron chi connectivity index (χ2n) is 8.23. The Kier molecular flexibility index (Phi) is 8.87. The van der Waals surface area contributed by atoms with Gasteiger partial charge in [0, 0.05) is 13.1 Å². The maximum Gasteiger partial charge on any atom is 0.338 e. The number of allylic oxidation sites excluding steroid dienone is 1. The van der Waals surface area contributed by atoms with Crippen LogP contribution in [0.2, 0.25) is 0 Å². The smallest absolute Gasteiger partial charge is 0.338 e. The van der Waals surface area contributed by atoms with E-state index in [1.54, 1.807) is 31.2 Å². The molecule has 2 aromatic carbocycles. The third-order valence-corrected chi connectivity index (χ3v) is 7.71. The maximum absolute atomic E-state index is 13.1. The van der Waals surface area contributed by atoms with Crippen LogP contribution in [-0.4, -0.2) is 39.5 Å². The lowest BCUT2D eigenvalue weighted by atomic mass is 9.97. The van der Waals surface area contributed by atoms with Crippen LogP contribution in [0.15, 0.2) is 71.1 Å². The Morgan fingerprint density at radius 3 is 2.38 bits per heavy atom. The molecule has 0 bridgehead atoms. The molecule has 2 aromatic rings. The van der Waals surface area contributed by atoms with Crippen LogP contribution in [-0.2, 0) is 19.6 Å². The zero-order valence-electron chi connectivity index (χ0n) is 19.7. The van der Waals surface area contributed by atoms with Crippen LogP contribution < -0.4 is 9.62 Å². The summed E-state index contributed by atoms with van der Waals surface area (Å²) in [6, 6.07) is 14.4. The molecular formula is C26H32N2O5S. The van der Waals surface area contributed by atoms with E-state index in [9.17, 15) is 18.0 Å². The van der Waals surface area contributed by atoms with Gasteiger partial charge in [0.15, 0.2) is 6.10 Å². The molecule has 182 valence electrons. The molecule has 1 amide bonds. The van der Waals surface area contributed by atoms with Crippen molar-refractivity contribution in [3.8, 4) is 0 Å². The highest BCUT2D eigenvalue weighted by Crippen LogP contribution is 2.24. The first-order chi connectivity index (χ1) is 16.3. The molecule has 1 N–H and O–H groups in total. The highest BCUT2D eigenvalue weighted by Gasteiger charge is 2.24. The quantitative estimate of drug-likeness (QED) is 0.397. The van der Waals surface area contributed by atoms with Crippen LogP contribution in [0.4, 0.5) is 5.69 Å². The minimum absolute atomic E-state index is 0.0672. The first-order valence-electron chi connectivity index (χ1n) is 11.7. The normalized spacial score (nSPS) is 14.6. The number of carbonyl (C=O) groups excluding carboxylic acids is 2. The number of carbonyl (C=O) groups is 2. The predicted octanol–water partition coefficient (Wildman–Crippen LogP) is 4.45. The average molecular weight is 485 g/mol. The molecule has 0 fully saturated rings. The molecule has 0 saturated carbocycles. The van der Waals surface area contributed by atoms with E-state index in [4.69, 9.17) is 4.74 Å². The van der Waals surface area contributed by atoms with Gasteiger partial charge in [-0.15, -0.1) is 0 Å². The first kappa shape index (κ1) is 25.5. The van der Waals surface area contributed by atoms with Gasteiger partial charge in [-0.1, -0.05) is 29.8 Å². The molecule has 0 radical (unpaired) electrons. The summed E-state index contributed by atoms with van der Waals surface area (Å²) in [7, 11) is -3.79. The van der Waals surface area contributed by atoms with Gasteiger partial charge in [-0.05, 0) is 82.3 Å². The van der Waals surface area contributed by atoms with Crippen molar-refractivity contribution in [2.75, 3.05) is 17.4 Å². The van der Waals surface area contributed by atoms with Crippen molar-refractivity contribution in [2.45, 2.75) is 57.0 Å². The molecule has 0 heterocycles. The van der Waals surface area contributed by atoms with Crippen LogP contribution >= 0.6 is 0 Å². The van der Waals surface area contributed by atoms with Crippen molar-refractivity contribution >= 4 is 27.6 Å². The zero-order valence-corrected chi connectivity index (χ0v) is 20.5. The van der Waals surface area contributed by atoms with Gasteiger partial charge in [0.2, 0.25) is 0 Å². The number of hydrogen-bond donors (Lipinski definition) is 1. The molecule has 0 spiro atoms. The summed E-state index contributed by atoms with van der Waals surface area (Å²) in [5.41, 5.74) is 2.10. The molecule has 0 unspecified atom stereocenters. The van der Waals surface area contributed by atoms with Crippen LogP contribution in [0.25, 0.3) is 0 Å². The molecule has 0 aliphatic heterocycles. The Morgan fingerprint density at radius 2 is 1.76 bits per heavy atom. The van der Waals surface area contributed by atoms with Gasteiger partial charge < -0.3 is 10.1 Å². The Labute approximate surface area is 201 Å². The number of sulfonamides is 1. The van der Waals surface area contributed by atoms with Crippen LogP contribution in [0.1, 0.15) is 56.3 Å². The highest BCUT2D eigenvalue weighted by atomic mass is 32.2. The third kappa shape index (κ3) is 6.47. The Bertz CT molecular complexity index is 1110. The number of nitrogens with zero attached hydrogens (tertiary/aromatic N) is 1. The van der Waals surface area contributed by atoms with E-state index in [2.05, 4.69) is 11.4 Å². The van der Waals surface area contributed by atoms with E-state index in [-0.39, 0.29) is 22.9 Å². The highest BCUT2D eigenvalue weighted by molar-refractivity contribution is 7.92. The maximum atomic E-state index is 13.1. The van der Waals surface area contributed by atoms with Crippen LogP contribution in [0.3, 0.4) is 0 Å². The number of nitrogens with one attached hydrogen (secondary N) is 1.